The van der Waals surface area contributed by atoms with Gasteiger partial charge in [-0.05, 0) is 38.1 Å². The summed E-state index contributed by atoms with van der Waals surface area (Å²) >= 11 is 1.45. The summed E-state index contributed by atoms with van der Waals surface area (Å²) in [6.07, 6.45) is 0. The van der Waals surface area contributed by atoms with E-state index in [1.54, 1.807) is 26.1 Å². The number of carboxylic acid groups (broad SMARTS) is 1. The molecule has 1 aromatic carbocycles. The lowest BCUT2D eigenvalue weighted by molar-refractivity contribution is -0.115. The molecule has 0 fully saturated rings. The molecule has 8 heteroatoms. The molecule has 26 heavy (non-hydrogen) atoms. The van der Waals surface area contributed by atoms with Gasteiger partial charge in [0.15, 0.2) is 0 Å². The zero-order chi connectivity index (χ0) is 19.0. The number of nitrogens with one attached hydrogen (secondary N) is 1. The van der Waals surface area contributed by atoms with Crippen molar-refractivity contribution in [1.82, 2.24) is 4.90 Å². The molecular weight excluding hydrogens is 356 g/mol. The van der Waals surface area contributed by atoms with E-state index in [1.807, 2.05) is 13.0 Å². The Morgan fingerprint density at radius 3 is 2.73 bits per heavy atom. The van der Waals surface area contributed by atoms with Crippen LogP contribution in [0.4, 0.5) is 5.69 Å². The van der Waals surface area contributed by atoms with E-state index in [0.717, 1.165) is 4.90 Å². The molecule has 0 saturated carbocycles. The number of carbonyl (C=O) groups excluding carboxylic acids is 2. The summed E-state index contributed by atoms with van der Waals surface area (Å²) in [5, 5.41) is 11.7. The van der Waals surface area contributed by atoms with Gasteiger partial charge in [0.05, 0.1) is 17.5 Å². The van der Waals surface area contributed by atoms with E-state index >= 15 is 0 Å². The zero-order valence-corrected chi connectivity index (χ0v) is 15.3. The van der Waals surface area contributed by atoms with E-state index in [1.165, 1.54) is 22.7 Å². The van der Waals surface area contributed by atoms with Gasteiger partial charge in [-0.2, -0.15) is 0 Å². The number of carbonyl (C=O) groups is 3. The predicted octanol–water partition coefficient (Wildman–Crippen LogP) is 2.99. The summed E-state index contributed by atoms with van der Waals surface area (Å²) < 4.78 is 5.41. The fourth-order valence-electron chi connectivity index (χ4n) is 2.70. The maximum atomic E-state index is 12.7. The highest BCUT2D eigenvalue weighted by molar-refractivity contribution is 8.00. The third-order valence-electron chi connectivity index (χ3n) is 4.10. The molecule has 1 aliphatic rings. The molecule has 3 rings (SSSR count). The van der Waals surface area contributed by atoms with Crippen LogP contribution in [0.15, 0.2) is 33.6 Å². The van der Waals surface area contributed by atoms with Crippen LogP contribution in [-0.4, -0.2) is 40.1 Å². The van der Waals surface area contributed by atoms with Crippen molar-refractivity contribution < 1.29 is 23.9 Å². The number of furan rings is 1. The number of rotatable bonds is 4. The molecule has 0 spiro atoms. The van der Waals surface area contributed by atoms with Crippen molar-refractivity contribution in [2.24, 2.45) is 0 Å². The van der Waals surface area contributed by atoms with Gasteiger partial charge >= 0.3 is 5.97 Å². The minimum absolute atomic E-state index is 0.0866. The van der Waals surface area contributed by atoms with Crippen molar-refractivity contribution >= 4 is 35.2 Å². The van der Waals surface area contributed by atoms with E-state index < -0.39 is 5.97 Å². The molecule has 0 saturated heterocycles. The molecule has 7 nitrogen and oxygen atoms in total. The van der Waals surface area contributed by atoms with Crippen molar-refractivity contribution in [1.29, 1.82) is 0 Å². The van der Waals surface area contributed by atoms with Crippen molar-refractivity contribution in [3.8, 4) is 0 Å². The molecule has 0 bridgehead atoms. The smallest absolute Gasteiger partial charge is 0.339 e. The normalized spacial score (nSPS) is 16.0. The molecule has 2 heterocycles. The van der Waals surface area contributed by atoms with Crippen molar-refractivity contribution in [2.45, 2.75) is 30.5 Å². The lowest BCUT2D eigenvalue weighted by Crippen LogP contribution is -2.28. The Bertz CT molecular complexity index is 905. The Morgan fingerprint density at radius 2 is 2.08 bits per heavy atom. The standard InChI is InChI=1S/C18H18N2O5S/c1-9-13(18(23)24)7-12(25-9)8-20(3)17(22)11-4-5-15-14(6-11)19-16(21)10(2)26-15/h4-7,10H,8H2,1-3H3,(H,19,21)(H,23,24)/t10-/m1/s1. The summed E-state index contributed by atoms with van der Waals surface area (Å²) in [4.78, 5) is 37.9. The Hall–Kier alpha value is -2.74. The van der Waals surface area contributed by atoms with Crippen LogP contribution >= 0.6 is 11.8 Å². The summed E-state index contributed by atoms with van der Waals surface area (Å²) in [7, 11) is 1.61. The minimum atomic E-state index is -1.07. The Morgan fingerprint density at radius 1 is 1.35 bits per heavy atom. The third kappa shape index (κ3) is 3.45. The number of aryl methyl sites for hydroxylation is 1. The van der Waals surface area contributed by atoms with Gasteiger partial charge in [0.25, 0.3) is 5.91 Å². The molecule has 0 unspecified atom stereocenters. The second-order valence-electron chi connectivity index (χ2n) is 6.11. The molecule has 0 radical (unpaired) electrons. The van der Waals surface area contributed by atoms with E-state index in [2.05, 4.69) is 5.32 Å². The third-order valence-corrected chi connectivity index (χ3v) is 5.27. The summed E-state index contributed by atoms with van der Waals surface area (Å²) in [6.45, 7) is 3.54. The molecule has 0 aliphatic carbocycles. The Kier molecular flexibility index (Phi) is 4.78. The number of nitrogens with zero attached hydrogens (tertiary/aromatic N) is 1. The zero-order valence-electron chi connectivity index (χ0n) is 14.5. The number of fused-ring (bicyclic) bond motifs is 1. The summed E-state index contributed by atoms with van der Waals surface area (Å²) in [5.74, 6) is -0.713. The first-order valence-electron chi connectivity index (χ1n) is 7.96. The van der Waals surface area contributed by atoms with Crippen LogP contribution in [0, 0.1) is 6.92 Å². The van der Waals surface area contributed by atoms with Crippen LogP contribution in [-0.2, 0) is 11.3 Å². The number of anilines is 1. The van der Waals surface area contributed by atoms with E-state index in [4.69, 9.17) is 9.52 Å². The molecule has 2 amide bonds. The highest BCUT2D eigenvalue weighted by Crippen LogP contribution is 2.36. The molecule has 1 aliphatic heterocycles. The topological polar surface area (TPSA) is 99.9 Å². The van der Waals surface area contributed by atoms with Crippen LogP contribution in [0.3, 0.4) is 0 Å². The minimum Gasteiger partial charge on any atom is -0.478 e. The Balaban J connectivity index is 1.77. The molecular formula is C18H18N2O5S. The molecule has 2 aromatic rings. The fraction of sp³-hybridized carbons (Fsp3) is 0.278. The van der Waals surface area contributed by atoms with Crippen molar-refractivity contribution in [3.05, 3.63) is 46.9 Å². The van der Waals surface area contributed by atoms with Gasteiger partial charge in [0, 0.05) is 17.5 Å². The quantitative estimate of drug-likeness (QED) is 0.853. The van der Waals surface area contributed by atoms with Gasteiger partial charge in [-0.25, -0.2) is 4.79 Å². The number of thioether (sulfide) groups is 1. The van der Waals surface area contributed by atoms with Gasteiger partial charge in [0.2, 0.25) is 5.91 Å². The molecule has 136 valence electrons. The summed E-state index contributed by atoms with van der Waals surface area (Å²) in [5.41, 5.74) is 1.14. The van der Waals surface area contributed by atoms with E-state index in [9.17, 15) is 14.4 Å². The van der Waals surface area contributed by atoms with Gasteiger partial charge in [-0.1, -0.05) is 0 Å². The second kappa shape index (κ2) is 6.87. The fourth-order valence-corrected chi connectivity index (χ4v) is 3.63. The van der Waals surface area contributed by atoms with Crippen LogP contribution in [0.25, 0.3) is 0 Å². The Labute approximate surface area is 154 Å². The van der Waals surface area contributed by atoms with Crippen LogP contribution in [0.1, 0.15) is 39.2 Å². The summed E-state index contributed by atoms with van der Waals surface area (Å²) in [6, 6.07) is 6.61. The maximum absolute atomic E-state index is 12.7. The van der Waals surface area contributed by atoms with E-state index in [-0.39, 0.29) is 29.2 Å². The number of hydrogen-bond acceptors (Lipinski definition) is 5. The van der Waals surface area contributed by atoms with Gasteiger partial charge in [-0.3, -0.25) is 9.59 Å². The second-order valence-corrected chi connectivity index (χ2v) is 7.49. The lowest BCUT2D eigenvalue weighted by atomic mass is 10.1. The molecule has 1 atom stereocenters. The lowest BCUT2D eigenvalue weighted by Gasteiger charge is -2.22. The van der Waals surface area contributed by atoms with Gasteiger partial charge in [0.1, 0.15) is 17.1 Å². The van der Waals surface area contributed by atoms with E-state index in [0.29, 0.717) is 22.8 Å². The molecule has 2 N–H and O–H groups in total. The predicted molar refractivity (Wildman–Crippen MR) is 96.6 cm³/mol. The first-order chi connectivity index (χ1) is 12.3. The van der Waals surface area contributed by atoms with Crippen LogP contribution in [0.5, 0.6) is 0 Å². The SMILES string of the molecule is Cc1oc(CN(C)C(=O)c2ccc3c(c2)NC(=O)[C@@H](C)S3)cc1C(=O)O. The van der Waals surface area contributed by atoms with Crippen LogP contribution < -0.4 is 5.32 Å². The monoisotopic (exact) mass is 374 g/mol. The highest BCUT2D eigenvalue weighted by Gasteiger charge is 2.24. The first kappa shape index (κ1) is 18.1. The number of carboxylic acids is 1. The number of benzene rings is 1. The number of hydrogen-bond donors (Lipinski definition) is 2. The average molecular weight is 374 g/mol. The van der Waals surface area contributed by atoms with Crippen LogP contribution in [0.2, 0.25) is 0 Å². The maximum Gasteiger partial charge on any atom is 0.339 e. The largest absolute Gasteiger partial charge is 0.478 e. The average Bonchev–Trinajstić information content (AvgIpc) is 2.95. The number of aromatic carboxylic acids is 1. The van der Waals surface area contributed by atoms with Gasteiger partial charge in [-0.15, -0.1) is 11.8 Å². The highest BCUT2D eigenvalue weighted by atomic mass is 32.2. The van der Waals surface area contributed by atoms with Gasteiger partial charge < -0.3 is 19.7 Å². The molecule has 1 aromatic heterocycles. The van der Waals surface area contributed by atoms with Crippen molar-refractivity contribution in [2.75, 3.05) is 12.4 Å². The number of amides is 2. The first-order valence-corrected chi connectivity index (χ1v) is 8.84. The van der Waals surface area contributed by atoms with Crippen molar-refractivity contribution in [3.63, 3.8) is 0 Å².